The van der Waals surface area contributed by atoms with Crippen LogP contribution in [0.15, 0.2) is 91.0 Å². The molecule has 6 aromatic rings. The molecule has 9 nitrogen and oxygen atoms in total. The van der Waals surface area contributed by atoms with Gasteiger partial charge in [-0.15, -0.1) is 0 Å². The van der Waals surface area contributed by atoms with Crippen LogP contribution >= 0.6 is 11.7 Å². The van der Waals surface area contributed by atoms with Crippen molar-refractivity contribution in [2.24, 2.45) is 0 Å². The minimum atomic E-state index is -0.456. The Kier molecular flexibility index (Phi) is 7.52. The van der Waals surface area contributed by atoms with E-state index < -0.39 is 5.97 Å². The highest BCUT2D eigenvalue weighted by atomic mass is 32.1. The largest absolute Gasteiger partial charge is 0.496 e. The lowest BCUT2D eigenvalue weighted by atomic mass is 10.0. The molecule has 2 N–H and O–H groups in total. The third kappa shape index (κ3) is 5.27. The first-order chi connectivity index (χ1) is 20.6. The van der Waals surface area contributed by atoms with E-state index in [9.17, 15) is 9.59 Å². The number of carbonyl (C=O) groups excluding carboxylic acids is 2. The minimum Gasteiger partial charge on any atom is -0.496 e. The summed E-state index contributed by atoms with van der Waals surface area (Å²) in [5, 5.41) is 6.52. The van der Waals surface area contributed by atoms with Crippen LogP contribution in [0.25, 0.3) is 33.1 Å². The van der Waals surface area contributed by atoms with E-state index in [1.807, 2.05) is 95.6 Å². The van der Waals surface area contributed by atoms with E-state index in [-0.39, 0.29) is 12.6 Å². The van der Waals surface area contributed by atoms with Crippen LogP contribution in [0.1, 0.15) is 23.0 Å². The van der Waals surface area contributed by atoms with Crippen LogP contribution in [0.5, 0.6) is 5.75 Å². The molecule has 0 aliphatic rings. The number of rotatable bonds is 8. The number of hydrogen-bond acceptors (Lipinski definition) is 7. The fraction of sp³-hybridized carbons (Fsp3) is 0.125. The summed E-state index contributed by atoms with van der Waals surface area (Å²) >= 11 is 1.16. The van der Waals surface area contributed by atoms with Crippen LogP contribution in [0.2, 0.25) is 0 Å². The van der Waals surface area contributed by atoms with Crippen LogP contribution in [-0.2, 0) is 11.3 Å². The number of aromatic nitrogens is 3. The van der Waals surface area contributed by atoms with Crippen LogP contribution < -0.4 is 15.4 Å². The molecule has 0 aliphatic carbocycles. The first kappa shape index (κ1) is 27.0. The van der Waals surface area contributed by atoms with Gasteiger partial charge in [-0.05, 0) is 61.0 Å². The van der Waals surface area contributed by atoms with E-state index >= 15 is 0 Å². The summed E-state index contributed by atoms with van der Waals surface area (Å²) in [6.07, 6.45) is 0. The van der Waals surface area contributed by atoms with Crippen molar-refractivity contribution in [3.05, 3.63) is 102 Å². The monoisotopic (exact) mass is 577 g/mol. The third-order valence-corrected chi connectivity index (χ3v) is 7.41. The number of amides is 2. The van der Waals surface area contributed by atoms with E-state index in [0.717, 1.165) is 44.8 Å². The van der Waals surface area contributed by atoms with E-state index in [4.69, 9.17) is 9.47 Å². The number of nitrogens with zero attached hydrogens (tertiary/aromatic N) is 3. The summed E-state index contributed by atoms with van der Waals surface area (Å²) in [6.45, 7) is 2.38. The molecule has 42 heavy (non-hydrogen) atoms. The molecule has 2 heterocycles. The lowest BCUT2D eigenvalue weighted by molar-refractivity contribution is 0.0516. The van der Waals surface area contributed by atoms with Crippen molar-refractivity contribution in [3.63, 3.8) is 0 Å². The topological polar surface area (TPSA) is 107 Å². The van der Waals surface area contributed by atoms with Crippen LogP contribution in [-0.4, -0.2) is 39.0 Å². The van der Waals surface area contributed by atoms with E-state index in [1.54, 1.807) is 14.0 Å². The lowest BCUT2D eigenvalue weighted by Crippen LogP contribution is -2.19. The zero-order valence-corrected chi connectivity index (χ0v) is 23.8. The minimum absolute atomic E-state index is 0.217. The summed E-state index contributed by atoms with van der Waals surface area (Å²) in [4.78, 5) is 26.5. The summed E-state index contributed by atoms with van der Waals surface area (Å²) in [7, 11) is 1.60. The Morgan fingerprint density at radius 3 is 2.43 bits per heavy atom. The van der Waals surface area contributed by atoms with Gasteiger partial charge in [0.05, 0.1) is 25.4 Å². The van der Waals surface area contributed by atoms with Crippen LogP contribution in [0.4, 0.5) is 16.2 Å². The molecule has 2 aromatic heterocycles. The highest BCUT2D eigenvalue weighted by Gasteiger charge is 2.27. The molecule has 0 aliphatic heterocycles. The molecule has 0 saturated heterocycles. The number of benzene rings is 4. The van der Waals surface area contributed by atoms with Gasteiger partial charge in [-0.1, -0.05) is 42.5 Å². The van der Waals surface area contributed by atoms with Crippen molar-refractivity contribution in [2.45, 2.75) is 13.5 Å². The molecule has 0 radical (unpaired) electrons. The van der Waals surface area contributed by atoms with Gasteiger partial charge in [0.1, 0.15) is 22.5 Å². The van der Waals surface area contributed by atoms with Gasteiger partial charge in [0.15, 0.2) is 0 Å². The SMILES string of the molecule is CCOC(=O)c1c(-c2ccccc2OC)c2cc(NC(=O)Nc3ccccc3)ccc2n1Cc1ccc2nsnc2c1. The molecule has 10 heteroatoms. The Morgan fingerprint density at radius 2 is 1.62 bits per heavy atom. The maximum Gasteiger partial charge on any atom is 0.355 e. The average molecular weight is 578 g/mol. The highest BCUT2D eigenvalue weighted by molar-refractivity contribution is 7.00. The highest BCUT2D eigenvalue weighted by Crippen LogP contribution is 2.41. The number of carbonyl (C=O) groups is 2. The Bertz CT molecular complexity index is 1920. The molecule has 6 rings (SSSR count). The van der Waals surface area contributed by atoms with E-state index in [2.05, 4.69) is 19.4 Å². The maximum atomic E-state index is 13.7. The second-order valence-electron chi connectivity index (χ2n) is 9.49. The number of hydrogen-bond donors (Lipinski definition) is 2. The average Bonchev–Trinajstić information content (AvgIpc) is 3.60. The summed E-state index contributed by atoms with van der Waals surface area (Å²) < 4.78 is 21.9. The zero-order valence-electron chi connectivity index (χ0n) is 23.0. The fourth-order valence-electron chi connectivity index (χ4n) is 5.06. The second-order valence-corrected chi connectivity index (χ2v) is 10.0. The van der Waals surface area contributed by atoms with Gasteiger partial charge in [-0.25, -0.2) is 9.59 Å². The Labute approximate surface area is 246 Å². The molecule has 210 valence electrons. The molecular weight excluding hydrogens is 550 g/mol. The van der Waals surface area contributed by atoms with Crippen molar-refractivity contribution in [2.75, 3.05) is 24.4 Å². The number of methoxy groups -OCH3 is 1. The number of ether oxygens (including phenoxy) is 2. The lowest BCUT2D eigenvalue weighted by Gasteiger charge is -2.13. The van der Waals surface area contributed by atoms with Crippen molar-refractivity contribution in [1.29, 1.82) is 0 Å². The number of esters is 1. The number of urea groups is 1. The molecule has 2 amide bonds. The Hall–Kier alpha value is -5.22. The molecular formula is C32H27N5O4S. The molecule has 0 bridgehead atoms. The maximum absolute atomic E-state index is 13.7. The van der Waals surface area contributed by atoms with Crippen LogP contribution in [0, 0.1) is 0 Å². The quantitative estimate of drug-likeness (QED) is 0.185. The molecule has 0 unspecified atom stereocenters. The van der Waals surface area contributed by atoms with Gasteiger partial charge in [-0.2, -0.15) is 8.75 Å². The molecule has 0 atom stereocenters. The molecule has 4 aromatic carbocycles. The summed E-state index contributed by atoms with van der Waals surface area (Å²) in [6, 6.07) is 27.9. The smallest absolute Gasteiger partial charge is 0.355 e. The fourth-order valence-corrected chi connectivity index (χ4v) is 5.57. The number of para-hydroxylation sites is 2. The van der Waals surface area contributed by atoms with Gasteiger partial charge in [-0.3, -0.25) is 0 Å². The van der Waals surface area contributed by atoms with Crippen molar-refractivity contribution in [3.8, 4) is 16.9 Å². The summed E-state index contributed by atoms with van der Waals surface area (Å²) in [5.41, 5.74) is 6.39. The third-order valence-electron chi connectivity index (χ3n) is 6.86. The standard InChI is InChI=1S/C32H27N5O4S/c1-3-41-31(38)30-29(23-11-7-8-12-28(23)40-2)24-18-22(34-32(39)33-21-9-5-4-6-10-21)14-16-27(24)37(30)19-20-13-15-25-26(17-20)36-42-35-25/h4-18H,3,19H2,1-2H3,(H2,33,34,39). The van der Waals surface area contributed by atoms with E-state index in [0.29, 0.717) is 34.9 Å². The van der Waals surface area contributed by atoms with Crippen LogP contribution in [0.3, 0.4) is 0 Å². The van der Waals surface area contributed by atoms with Gasteiger partial charge in [0, 0.05) is 39.9 Å². The number of nitrogens with one attached hydrogen (secondary N) is 2. The molecule has 0 saturated carbocycles. The predicted molar refractivity (Wildman–Crippen MR) is 165 cm³/mol. The van der Waals surface area contributed by atoms with Gasteiger partial charge in [0.2, 0.25) is 0 Å². The Morgan fingerprint density at radius 1 is 0.857 bits per heavy atom. The zero-order chi connectivity index (χ0) is 29.1. The number of fused-ring (bicyclic) bond motifs is 2. The predicted octanol–water partition coefficient (Wildman–Crippen LogP) is 7.19. The molecule has 0 fully saturated rings. The normalized spacial score (nSPS) is 11.0. The van der Waals surface area contributed by atoms with E-state index in [1.165, 1.54) is 0 Å². The Balaban J connectivity index is 1.52. The van der Waals surface area contributed by atoms with Gasteiger partial charge >= 0.3 is 12.0 Å². The van der Waals surface area contributed by atoms with Gasteiger partial charge < -0.3 is 24.7 Å². The first-order valence-electron chi connectivity index (χ1n) is 13.4. The van der Waals surface area contributed by atoms with Gasteiger partial charge in [0.25, 0.3) is 0 Å². The first-order valence-corrected chi connectivity index (χ1v) is 14.1. The van der Waals surface area contributed by atoms with Crippen molar-refractivity contribution in [1.82, 2.24) is 13.3 Å². The number of anilines is 2. The summed E-state index contributed by atoms with van der Waals surface area (Å²) in [5.74, 6) is 0.152. The second kappa shape index (κ2) is 11.7. The van der Waals surface area contributed by atoms with Crippen molar-refractivity contribution >= 4 is 57.0 Å². The van der Waals surface area contributed by atoms with Crippen molar-refractivity contribution < 1.29 is 19.1 Å². The molecule has 0 spiro atoms.